The van der Waals surface area contributed by atoms with Crippen LogP contribution in [-0.4, -0.2) is 15.4 Å². The summed E-state index contributed by atoms with van der Waals surface area (Å²) in [6, 6.07) is 7.40. The molecule has 1 aromatic carbocycles. The fourth-order valence-corrected chi connectivity index (χ4v) is 2.03. The van der Waals surface area contributed by atoms with E-state index in [1.807, 2.05) is 18.2 Å². The van der Waals surface area contributed by atoms with E-state index in [9.17, 15) is 0 Å². The van der Waals surface area contributed by atoms with Gasteiger partial charge in [0.1, 0.15) is 5.69 Å². The number of nitrogens with one attached hydrogen (secondary N) is 1. The molecule has 0 saturated carbocycles. The molecule has 0 atom stereocenters. The SMILES string of the molecule is Nc1onc(-c2cn[nH]c2)c1-c1ccccc1Cl. The number of hydrogen-bond acceptors (Lipinski definition) is 4. The Morgan fingerprint density at radius 2 is 2.11 bits per heavy atom. The van der Waals surface area contributed by atoms with Gasteiger partial charge in [-0.2, -0.15) is 5.10 Å². The fourth-order valence-electron chi connectivity index (χ4n) is 1.80. The van der Waals surface area contributed by atoms with Gasteiger partial charge in [0.25, 0.3) is 0 Å². The van der Waals surface area contributed by atoms with Crippen molar-refractivity contribution in [1.29, 1.82) is 0 Å². The number of anilines is 1. The van der Waals surface area contributed by atoms with Crippen molar-refractivity contribution in [3.8, 4) is 22.4 Å². The van der Waals surface area contributed by atoms with E-state index in [4.69, 9.17) is 21.9 Å². The zero-order chi connectivity index (χ0) is 12.5. The van der Waals surface area contributed by atoms with Crippen molar-refractivity contribution in [3.63, 3.8) is 0 Å². The van der Waals surface area contributed by atoms with Gasteiger partial charge in [-0.15, -0.1) is 0 Å². The first-order chi connectivity index (χ1) is 8.77. The molecule has 0 bridgehead atoms. The molecule has 6 heteroatoms. The van der Waals surface area contributed by atoms with Crippen molar-refractivity contribution in [2.24, 2.45) is 0 Å². The predicted octanol–water partition coefficient (Wildman–Crippen LogP) is 2.97. The van der Waals surface area contributed by atoms with Crippen LogP contribution in [-0.2, 0) is 0 Å². The van der Waals surface area contributed by atoms with Crippen molar-refractivity contribution in [2.45, 2.75) is 0 Å². The Morgan fingerprint density at radius 1 is 1.28 bits per heavy atom. The number of rotatable bonds is 2. The predicted molar refractivity (Wildman–Crippen MR) is 68.9 cm³/mol. The third-order valence-electron chi connectivity index (χ3n) is 2.63. The van der Waals surface area contributed by atoms with Crippen LogP contribution in [0.4, 0.5) is 5.88 Å². The first kappa shape index (κ1) is 10.9. The maximum absolute atomic E-state index is 6.17. The summed E-state index contributed by atoms with van der Waals surface area (Å²) in [6.07, 6.45) is 3.37. The molecule has 2 aromatic heterocycles. The maximum Gasteiger partial charge on any atom is 0.230 e. The van der Waals surface area contributed by atoms with Crippen molar-refractivity contribution >= 4 is 17.5 Å². The average molecular weight is 261 g/mol. The third kappa shape index (κ3) is 1.65. The number of aromatic amines is 1. The summed E-state index contributed by atoms with van der Waals surface area (Å²) >= 11 is 6.17. The summed E-state index contributed by atoms with van der Waals surface area (Å²) in [5.41, 5.74) is 8.71. The van der Waals surface area contributed by atoms with E-state index in [-0.39, 0.29) is 5.88 Å². The lowest BCUT2D eigenvalue weighted by Gasteiger charge is -2.03. The molecular weight excluding hydrogens is 252 g/mol. The molecule has 2 heterocycles. The molecule has 0 amide bonds. The molecule has 0 unspecified atom stereocenters. The molecule has 0 aliphatic rings. The molecule has 3 rings (SSSR count). The van der Waals surface area contributed by atoms with Gasteiger partial charge in [0.2, 0.25) is 5.88 Å². The van der Waals surface area contributed by atoms with Crippen molar-refractivity contribution in [2.75, 3.05) is 5.73 Å². The number of halogens is 1. The van der Waals surface area contributed by atoms with Crippen LogP contribution < -0.4 is 5.73 Å². The Hall–Kier alpha value is -2.27. The van der Waals surface area contributed by atoms with Gasteiger partial charge < -0.3 is 10.3 Å². The van der Waals surface area contributed by atoms with Gasteiger partial charge in [0.15, 0.2) is 0 Å². The van der Waals surface area contributed by atoms with Crippen LogP contribution in [0.1, 0.15) is 0 Å². The lowest BCUT2D eigenvalue weighted by Crippen LogP contribution is -1.87. The van der Waals surface area contributed by atoms with E-state index >= 15 is 0 Å². The zero-order valence-corrected chi connectivity index (χ0v) is 9.98. The number of nitrogen functional groups attached to an aromatic ring is 1. The lowest BCUT2D eigenvalue weighted by molar-refractivity contribution is 0.439. The first-order valence-corrected chi connectivity index (χ1v) is 5.64. The van der Waals surface area contributed by atoms with Gasteiger partial charge in [-0.1, -0.05) is 35.0 Å². The van der Waals surface area contributed by atoms with Crippen molar-refractivity contribution < 1.29 is 4.52 Å². The highest BCUT2D eigenvalue weighted by Gasteiger charge is 2.19. The Bertz CT molecular complexity index is 675. The smallest absolute Gasteiger partial charge is 0.230 e. The summed E-state index contributed by atoms with van der Waals surface area (Å²) in [5, 5.41) is 11.2. The third-order valence-corrected chi connectivity index (χ3v) is 2.96. The Kier molecular flexibility index (Phi) is 2.53. The molecular formula is C12H9ClN4O. The van der Waals surface area contributed by atoms with Crippen LogP contribution in [0, 0.1) is 0 Å². The van der Waals surface area contributed by atoms with Crippen LogP contribution in [0.25, 0.3) is 22.4 Å². The van der Waals surface area contributed by atoms with Crippen LogP contribution in [0.15, 0.2) is 41.2 Å². The quantitative estimate of drug-likeness (QED) is 0.742. The Morgan fingerprint density at radius 3 is 2.83 bits per heavy atom. The van der Waals surface area contributed by atoms with Gasteiger partial charge in [0.05, 0.1) is 11.8 Å². The standard InChI is InChI=1S/C12H9ClN4O/c13-9-4-2-1-3-8(9)10-11(17-18-12(10)14)7-5-15-16-6-7/h1-6H,14H2,(H,15,16). The summed E-state index contributed by atoms with van der Waals surface area (Å²) in [7, 11) is 0. The molecule has 0 aliphatic heterocycles. The maximum atomic E-state index is 6.17. The van der Waals surface area contributed by atoms with Crippen LogP contribution in [0.3, 0.4) is 0 Å². The van der Waals surface area contributed by atoms with E-state index in [1.54, 1.807) is 18.5 Å². The van der Waals surface area contributed by atoms with Gasteiger partial charge in [-0.25, -0.2) is 0 Å². The summed E-state index contributed by atoms with van der Waals surface area (Å²) in [4.78, 5) is 0. The number of hydrogen-bond donors (Lipinski definition) is 2. The summed E-state index contributed by atoms with van der Waals surface area (Å²) < 4.78 is 5.06. The molecule has 90 valence electrons. The highest BCUT2D eigenvalue weighted by molar-refractivity contribution is 6.33. The molecule has 5 nitrogen and oxygen atoms in total. The second-order valence-corrected chi connectivity index (χ2v) is 4.14. The van der Waals surface area contributed by atoms with E-state index < -0.39 is 0 Å². The molecule has 18 heavy (non-hydrogen) atoms. The molecule has 0 spiro atoms. The average Bonchev–Trinajstić information content (AvgIpc) is 2.99. The van der Waals surface area contributed by atoms with Crippen LogP contribution in [0.5, 0.6) is 0 Å². The number of nitrogens with zero attached hydrogens (tertiary/aromatic N) is 2. The minimum Gasteiger partial charge on any atom is -0.367 e. The monoisotopic (exact) mass is 260 g/mol. The van der Waals surface area contributed by atoms with Gasteiger partial charge in [0, 0.05) is 22.3 Å². The second-order valence-electron chi connectivity index (χ2n) is 3.74. The van der Waals surface area contributed by atoms with Gasteiger partial charge >= 0.3 is 0 Å². The highest BCUT2D eigenvalue weighted by atomic mass is 35.5. The van der Waals surface area contributed by atoms with Gasteiger partial charge in [-0.05, 0) is 6.07 Å². The highest BCUT2D eigenvalue weighted by Crippen LogP contribution is 2.38. The van der Waals surface area contributed by atoms with E-state index in [0.29, 0.717) is 16.3 Å². The van der Waals surface area contributed by atoms with Crippen LogP contribution >= 0.6 is 11.6 Å². The Balaban J connectivity index is 2.24. The molecule has 0 radical (unpaired) electrons. The first-order valence-electron chi connectivity index (χ1n) is 5.26. The van der Waals surface area contributed by atoms with Crippen LogP contribution in [0.2, 0.25) is 5.02 Å². The summed E-state index contributed by atoms with van der Waals surface area (Å²) in [6.45, 7) is 0. The molecule has 3 N–H and O–H groups in total. The fraction of sp³-hybridized carbons (Fsp3) is 0. The topological polar surface area (TPSA) is 80.7 Å². The molecule has 3 aromatic rings. The minimum absolute atomic E-state index is 0.235. The second kappa shape index (κ2) is 4.19. The van der Waals surface area contributed by atoms with Crippen molar-refractivity contribution in [1.82, 2.24) is 15.4 Å². The minimum atomic E-state index is 0.235. The normalized spacial score (nSPS) is 10.7. The number of H-pyrrole nitrogens is 1. The van der Waals surface area contributed by atoms with E-state index in [2.05, 4.69) is 15.4 Å². The number of nitrogens with two attached hydrogens (primary N) is 1. The summed E-state index contributed by atoms with van der Waals surface area (Å²) in [5.74, 6) is 0.235. The molecule has 0 aliphatic carbocycles. The van der Waals surface area contributed by atoms with E-state index in [1.165, 1.54) is 0 Å². The largest absolute Gasteiger partial charge is 0.367 e. The van der Waals surface area contributed by atoms with E-state index in [0.717, 1.165) is 11.1 Å². The zero-order valence-electron chi connectivity index (χ0n) is 9.22. The lowest BCUT2D eigenvalue weighted by atomic mass is 10.0. The number of benzene rings is 1. The van der Waals surface area contributed by atoms with Gasteiger partial charge in [-0.3, -0.25) is 5.10 Å². The van der Waals surface area contributed by atoms with Crippen molar-refractivity contribution in [3.05, 3.63) is 41.7 Å². The Labute approximate surface area is 108 Å². The number of aromatic nitrogens is 3. The molecule has 0 saturated heterocycles. The molecule has 0 fully saturated rings.